The standard InChI is InChI=1S/C16H18N2O3/c1-3-13-10-14(18(2)17-13)11-21-15-7-5-4-6-12(15)8-9-16(19)20/h4-10H,3,11H2,1-2H3,(H,19,20). The average molecular weight is 286 g/mol. The van der Waals surface area contributed by atoms with Crippen LogP contribution in [-0.2, 0) is 24.9 Å². The molecule has 0 radical (unpaired) electrons. The highest BCUT2D eigenvalue weighted by molar-refractivity contribution is 5.85. The Morgan fingerprint density at radius 1 is 1.43 bits per heavy atom. The predicted octanol–water partition coefficient (Wildman–Crippen LogP) is 2.66. The molecule has 1 aromatic heterocycles. The van der Waals surface area contributed by atoms with Gasteiger partial charge in [-0.15, -0.1) is 0 Å². The van der Waals surface area contributed by atoms with E-state index in [1.807, 2.05) is 37.4 Å². The number of carboxylic acids is 1. The van der Waals surface area contributed by atoms with Crippen molar-refractivity contribution in [2.24, 2.45) is 7.05 Å². The van der Waals surface area contributed by atoms with E-state index in [0.717, 1.165) is 29.4 Å². The molecule has 1 aromatic carbocycles. The number of rotatable bonds is 6. The fourth-order valence-corrected chi connectivity index (χ4v) is 1.94. The number of aliphatic carboxylic acids is 1. The molecule has 0 spiro atoms. The zero-order valence-corrected chi connectivity index (χ0v) is 12.1. The largest absolute Gasteiger partial charge is 0.487 e. The molecule has 0 aliphatic rings. The second-order valence-corrected chi connectivity index (χ2v) is 4.60. The van der Waals surface area contributed by atoms with Crippen molar-refractivity contribution < 1.29 is 14.6 Å². The second kappa shape index (κ2) is 6.74. The third kappa shape index (κ3) is 3.95. The van der Waals surface area contributed by atoms with Gasteiger partial charge in [-0.2, -0.15) is 5.10 Å². The molecule has 5 nitrogen and oxygen atoms in total. The van der Waals surface area contributed by atoms with Gasteiger partial charge >= 0.3 is 5.97 Å². The van der Waals surface area contributed by atoms with Crippen molar-refractivity contribution in [2.75, 3.05) is 0 Å². The number of hydrogen-bond donors (Lipinski definition) is 1. The zero-order valence-electron chi connectivity index (χ0n) is 12.1. The number of ether oxygens (including phenoxy) is 1. The first kappa shape index (κ1) is 14.8. The molecule has 1 N–H and O–H groups in total. The highest BCUT2D eigenvalue weighted by Gasteiger charge is 2.06. The molecule has 0 fully saturated rings. The van der Waals surface area contributed by atoms with Crippen molar-refractivity contribution in [2.45, 2.75) is 20.0 Å². The van der Waals surface area contributed by atoms with E-state index < -0.39 is 5.97 Å². The van der Waals surface area contributed by atoms with Crippen molar-refractivity contribution in [3.05, 3.63) is 53.4 Å². The second-order valence-electron chi connectivity index (χ2n) is 4.60. The van der Waals surface area contributed by atoms with Gasteiger partial charge in [0.25, 0.3) is 0 Å². The topological polar surface area (TPSA) is 64.3 Å². The highest BCUT2D eigenvalue weighted by atomic mass is 16.5. The quantitative estimate of drug-likeness (QED) is 0.829. The number of hydrogen-bond acceptors (Lipinski definition) is 3. The summed E-state index contributed by atoms with van der Waals surface area (Å²) in [6.07, 6.45) is 3.51. The first-order valence-electron chi connectivity index (χ1n) is 6.74. The Kier molecular flexibility index (Phi) is 4.77. The maximum Gasteiger partial charge on any atom is 0.328 e. The molecule has 5 heteroatoms. The minimum absolute atomic E-state index is 0.390. The molecule has 0 atom stereocenters. The van der Waals surface area contributed by atoms with Crippen LogP contribution in [-0.4, -0.2) is 20.9 Å². The van der Waals surface area contributed by atoms with E-state index in [9.17, 15) is 4.79 Å². The van der Waals surface area contributed by atoms with Crippen LogP contribution in [0.3, 0.4) is 0 Å². The lowest BCUT2D eigenvalue weighted by Gasteiger charge is -2.09. The fraction of sp³-hybridized carbons (Fsp3) is 0.250. The molecule has 2 aromatic rings. The predicted molar refractivity (Wildman–Crippen MR) is 80.0 cm³/mol. The first-order chi connectivity index (χ1) is 10.1. The smallest absolute Gasteiger partial charge is 0.328 e. The number of para-hydroxylation sites is 1. The van der Waals surface area contributed by atoms with Gasteiger partial charge in [-0.1, -0.05) is 25.1 Å². The maximum atomic E-state index is 10.6. The molecule has 21 heavy (non-hydrogen) atoms. The third-order valence-corrected chi connectivity index (χ3v) is 3.09. The molecule has 2 rings (SSSR count). The molecule has 0 saturated carbocycles. The number of nitrogens with zero attached hydrogens (tertiary/aromatic N) is 2. The number of benzene rings is 1. The molecule has 110 valence electrons. The van der Waals surface area contributed by atoms with Crippen molar-refractivity contribution in [3.8, 4) is 5.75 Å². The summed E-state index contributed by atoms with van der Waals surface area (Å²) in [5, 5.41) is 13.1. The summed E-state index contributed by atoms with van der Waals surface area (Å²) in [5.41, 5.74) is 2.73. The van der Waals surface area contributed by atoms with Gasteiger partial charge in [-0.05, 0) is 24.6 Å². The van der Waals surface area contributed by atoms with Crippen LogP contribution in [0.4, 0.5) is 0 Å². The summed E-state index contributed by atoms with van der Waals surface area (Å²) in [7, 11) is 1.88. The summed E-state index contributed by atoms with van der Waals surface area (Å²) in [4.78, 5) is 10.6. The monoisotopic (exact) mass is 286 g/mol. The highest BCUT2D eigenvalue weighted by Crippen LogP contribution is 2.21. The minimum atomic E-state index is -0.982. The van der Waals surface area contributed by atoms with E-state index in [2.05, 4.69) is 12.0 Å². The summed E-state index contributed by atoms with van der Waals surface area (Å²) in [6.45, 7) is 2.44. The summed E-state index contributed by atoms with van der Waals surface area (Å²) in [5.74, 6) is -0.335. The normalized spacial score (nSPS) is 11.0. The molecule has 0 saturated heterocycles. The number of carboxylic acid groups (broad SMARTS) is 1. The van der Waals surface area contributed by atoms with Crippen molar-refractivity contribution in [3.63, 3.8) is 0 Å². The molecular weight excluding hydrogens is 268 g/mol. The van der Waals surface area contributed by atoms with Crippen LogP contribution in [0.1, 0.15) is 23.9 Å². The third-order valence-electron chi connectivity index (χ3n) is 3.09. The molecule has 0 amide bonds. The van der Waals surface area contributed by atoms with Crippen LogP contribution < -0.4 is 4.74 Å². The minimum Gasteiger partial charge on any atom is -0.487 e. The van der Waals surface area contributed by atoms with E-state index in [4.69, 9.17) is 9.84 Å². The van der Waals surface area contributed by atoms with Crippen LogP contribution in [0.2, 0.25) is 0 Å². The molecule has 0 bridgehead atoms. The van der Waals surface area contributed by atoms with Crippen molar-refractivity contribution >= 4 is 12.0 Å². The number of carbonyl (C=O) groups is 1. The molecule has 0 aliphatic heterocycles. The van der Waals surface area contributed by atoms with Crippen LogP contribution in [0, 0.1) is 0 Å². The van der Waals surface area contributed by atoms with Gasteiger partial charge in [0.2, 0.25) is 0 Å². The van der Waals surface area contributed by atoms with Gasteiger partial charge in [0, 0.05) is 18.7 Å². The Morgan fingerprint density at radius 2 is 2.19 bits per heavy atom. The lowest BCUT2D eigenvalue weighted by Crippen LogP contribution is -2.03. The van der Waals surface area contributed by atoms with Crippen molar-refractivity contribution in [1.82, 2.24) is 9.78 Å². The number of aryl methyl sites for hydroxylation is 2. The molecular formula is C16H18N2O3. The van der Waals surface area contributed by atoms with Gasteiger partial charge in [0.1, 0.15) is 12.4 Å². The van der Waals surface area contributed by atoms with E-state index >= 15 is 0 Å². The Morgan fingerprint density at radius 3 is 2.86 bits per heavy atom. The van der Waals surface area contributed by atoms with Gasteiger partial charge in [-0.3, -0.25) is 4.68 Å². The lowest BCUT2D eigenvalue weighted by atomic mass is 10.2. The lowest BCUT2D eigenvalue weighted by molar-refractivity contribution is -0.131. The van der Waals surface area contributed by atoms with Gasteiger partial charge in [0.15, 0.2) is 0 Å². The van der Waals surface area contributed by atoms with Crippen LogP contribution in [0.5, 0.6) is 5.75 Å². The summed E-state index contributed by atoms with van der Waals surface area (Å²) in [6, 6.07) is 9.34. The Bertz CT molecular complexity index is 659. The van der Waals surface area contributed by atoms with Crippen LogP contribution >= 0.6 is 0 Å². The van der Waals surface area contributed by atoms with E-state index in [0.29, 0.717) is 12.4 Å². The SMILES string of the molecule is CCc1cc(COc2ccccc2C=CC(=O)O)n(C)n1. The first-order valence-corrected chi connectivity index (χ1v) is 6.74. The zero-order chi connectivity index (χ0) is 15.2. The Hall–Kier alpha value is -2.56. The molecule has 0 unspecified atom stereocenters. The van der Waals surface area contributed by atoms with E-state index in [1.54, 1.807) is 4.68 Å². The van der Waals surface area contributed by atoms with Crippen molar-refractivity contribution in [1.29, 1.82) is 0 Å². The van der Waals surface area contributed by atoms with Crippen LogP contribution in [0.25, 0.3) is 6.08 Å². The van der Waals surface area contributed by atoms with Crippen LogP contribution in [0.15, 0.2) is 36.4 Å². The molecule has 0 aliphatic carbocycles. The number of aromatic nitrogens is 2. The van der Waals surface area contributed by atoms with Gasteiger partial charge in [0.05, 0.1) is 11.4 Å². The van der Waals surface area contributed by atoms with E-state index in [-0.39, 0.29) is 0 Å². The molecule has 1 heterocycles. The summed E-state index contributed by atoms with van der Waals surface area (Å²) >= 11 is 0. The average Bonchev–Trinajstić information content (AvgIpc) is 2.84. The Labute approximate surface area is 123 Å². The van der Waals surface area contributed by atoms with E-state index in [1.165, 1.54) is 6.08 Å². The van der Waals surface area contributed by atoms with Gasteiger partial charge in [-0.25, -0.2) is 4.79 Å². The summed E-state index contributed by atoms with van der Waals surface area (Å²) < 4.78 is 7.59. The van der Waals surface area contributed by atoms with Gasteiger partial charge < -0.3 is 9.84 Å². The Balaban J connectivity index is 2.12. The fourth-order valence-electron chi connectivity index (χ4n) is 1.94. The maximum absolute atomic E-state index is 10.6.